The first-order chi connectivity index (χ1) is 13.3. The maximum Gasteiger partial charge on any atom is 0.0846 e. The van der Waals surface area contributed by atoms with E-state index >= 15 is 0 Å². The molecule has 4 heteroatoms. The molecule has 2 N–H and O–H groups in total. The van der Waals surface area contributed by atoms with Crippen LogP contribution in [0.3, 0.4) is 0 Å². The fourth-order valence-electron chi connectivity index (χ4n) is 7.51. The fourth-order valence-corrected chi connectivity index (χ4v) is 7.97. The number of nitrogens with two attached hydrogens (primary N) is 1. The van der Waals surface area contributed by atoms with E-state index in [-0.39, 0.29) is 22.3 Å². The Labute approximate surface area is 175 Å². The average Bonchev–Trinajstić information content (AvgIpc) is 3.06. The van der Waals surface area contributed by atoms with Crippen LogP contribution in [0, 0.1) is 22.7 Å². The van der Waals surface area contributed by atoms with Crippen LogP contribution < -0.4 is 5.73 Å². The number of rotatable bonds is 3. The topological polar surface area (TPSA) is 38.5 Å². The zero-order valence-corrected chi connectivity index (χ0v) is 18.3. The van der Waals surface area contributed by atoms with Crippen molar-refractivity contribution >= 4 is 17.2 Å². The number of ether oxygens (including phenoxy) is 1. The summed E-state index contributed by atoms with van der Waals surface area (Å²) in [5, 5.41) is 0. The van der Waals surface area contributed by atoms with Gasteiger partial charge in [-0.2, -0.15) is 0 Å². The van der Waals surface area contributed by atoms with E-state index in [1.165, 1.54) is 36.2 Å². The predicted octanol–water partition coefficient (Wildman–Crippen LogP) is 4.15. The molecule has 6 atom stereocenters. The first-order valence-electron chi connectivity index (χ1n) is 10.9. The lowest BCUT2D eigenvalue weighted by atomic mass is 9.63. The third-order valence-electron chi connectivity index (χ3n) is 8.80. The van der Waals surface area contributed by atoms with Gasteiger partial charge in [0.05, 0.1) is 11.1 Å². The van der Waals surface area contributed by atoms with Crippen LogP contribution in [-0.4, -0.2) is 42.2 Å². The lowest BCUT2D eigenvalue weighted by molar-refractivity contribution is 0.00226. The van der Waals surface area contributed by atoms with Gasteiger partial charge in [0.2, 0.25) is 0 Å². The summed E-state index contributed by atoms with van der Waals surface area (Å²) in [4.78, 5) is 3.74. The predicted molar refractivity (Wildman–Crippen MR) is 117 cm³/mol. The molecule has 1 aromatic rings. The quantitative estimate of drug-likeness (QED) is 0.777. The van der Waals surface area contributed by atoms with E-state index in [1.807, 2.05) is 7.11 Å². The van der Waals surface area contributed by atoms with Gasteiger partial charge in [-0.15, -0.1) is 0 Å². The number of hydrogen-bond donors (Lipinski definition) is 1. The third-order valence-corrected chi connectivity index (χ3v) is 9.46. The van der Waals surface area contributed by atoms with Crippen molar-refractivity contribution in [2.24, 2.45) is 28.4 Å². The average molecular weight is 399 g/mol. The molecule has 3 nitrogen and oxygen atoms in total. The van der Waals surface area contributed by atoms with Gasteiger partial charge in [0.1, 0.15) is 0 Å². The van der Waals surface area contributed by atoms with Gasteiger partial charge in [0.15, 0.2) is 0 Å². The van der Waals surface area contributed by atoms with Crippen molar-refractivity contribution in [1.29, 1.82) is 0 Å². The summed E-state index contributed by atoms with van der Waals surface area (Å²) >= 11 is 6.31. The zero-order chi connectivity index (χ0) is 19.7. The SMILES string of the molecule is COC1C2CC3(c4ccccc4)CC1C(C(=S)N1CC[C@H](N)C(C)(C)C1)(C2)C3. The first kappa shape index (κ1) is 19.0. The van der Waals surface area contributed by atoms with Gasteiger partial charge in [-0.3, -0.25) is 0 Å². The second kappa shape index (κ2) is 6.26. The van der Waals surface area contributed by atoms with Crippen molar-refractivity contribution in [3.05, 3.63) is 35.9 Å². The maximum atomic E-state index is 6.41. The van der Waals surface area contributed by atoms with E-state index in [9.17, 15) is 0 Å². The van der Waals surface area contributed by atoms with Crippen molar-refractivity contribution in [1.82, 2.24) is 4.90 Å². The molecule has 0 radical (unpaired) electrons. The van der Waals surface area contributed by atoms with Gasteiger partial charge in [-0.1, -0.05) is 56.4 Å². The molecule has 28 heavy (non-hydrogen) atoms. The molecule has 5 unspecified atom stereocenters. The van der Waals surface area contributed by atoms with Crippen LogP contribution >= 0.6 is 12.2 Å². The Balaban J connectivity index is 1.50. The molecule has 1 aromatic carbocycles. The molecule has 1 saturated heterocycles. The molecule has 0 spiro atoms. The normalized spacial score (nSPS) is 43.5. The first-order valence-corrected chi connectivity index (χ1v) is 11.4. The number of methoxy groups -OCH3 is 1. The lowest BCUT2D eigenvalue weighted by Crippen LogP contribution is -2.57. The zero-order valence-electron chi connectivity index (χ0n) is 17.5. The monoisotopic (exact) mass is 398 g/mol. The smallest absolute Gasteiger partial charge is 0.0846 e. The molecule has 0 amide bonds. The molecular formula is C24H34N2OS. The molecular weight excluding hydrogens is 364 g/mol. The number of hydrogen-bond acceptors (Lipinski definition) is 3. The molecule has 5 fully saturated rings. The Bertz CT molecular complexity index is 780. The minimum atomic E-state index is 0.117. The van der Waals surface area contributed by atoms with Crippen LogP contribution in [0.15, 0.2) is 30.3 Å². The number of likely N-dealkylation sites (tertiary alicyclic amines) is 1. The second-order valence-electron chi connectivity index (χ2n) is 10.8. The van der Waals surface area contributed by atoms with Crippen LogP contribution in [-0.2, 0) is 10.2 Å². The van der Waals surface area contributed by atoms with E-state index in [0.717, 1.165) is 19.5 Å². The highest BCUT2D eigenvalue weighted by molar-refractivity contribution is 7.80. The summed E-state index contributed by atoms with van der Waals surface area (Å²) in [6, 6.07) is 11.5. The van der Waals surface area contributed by atoms with E-state index in [2.05, 4.69) is 49.1 Å². The number of thiocarbonyl (C=S) groups is 1. The number of nitrogens with zero attached hydrogens (tertiary/aromatic N) is 1. The minimum Gasteiger partial charge on any atom is -0.381 e. The van der Waals surface area contributed by atoms with E-state index < -0.39 is 0 Å². The standard InChI is InChI=1S/C24H34N2OS/c1-22(2)15-26(10-9-19(22)25)21(28)24-12-16-11-23(14-24,13-18(24)20(16)27-3)17-7-5-4-6-8-17/h4-8,16,18-20H,9-15,25H2,1-3H3/t16?,18?,19-,20?,23?,24?/m0/s1. The minimum absolute atomic E-state index is 0.117. The van der Waals surface area contributed by atoms with Gasteiger partial charge >= 0.3 is 0 Å². The fraction of sp³-hybridized carbons (Fsp3) is 0.708. The van der Waals surface area contributed by atoms with Crippen LogP contribution in [0.2, 0.25) is 0 Å². The van der Waals surface area contributed by atoms with Gasteiger partial charge in [0, 0.05) is 31.7 Å². The van der Waals surface area contributed by atoms with Crippen LogP contribution in [0.1, 0.15) is 51.5 Å². The number of benzene rings is 1. The Kier molecular flexibility index (Phi) is 4.25. The van der Waals surface area contributed by atoms with Crippen LogP contribution in [0.4, 0.5) is 0 Å². The summed E-state index contributed by atoms with van der Waals surface area (Å²) in [6.07, 6.45) is 6.31. The molecule has 5 aliphatic rings. The lowest BCUT2D eigenvalue weighted by Gasteiger charge is -2.48. The molecule has 152 valence electrons. The van der Waals surface area contributed by atoms with Crippen molar-refractivity contribution in [3.8, 4) is 0 Å². The largest absolute Gasteiger partial charge is 0.381 e. The highest BCUT2D eigenvalue weighted by atomic mass is 32.1. The highest BCUT2D eigenvalue weighted by Gasteiger charge is 2.70. The third kappa shape index (κ3) is 2.50. The number of piperidine rings is 1. The van der Waals surface area contributed by atoms with Crippen molar-refractivity contribution in [2.45, 2.75) is 63.5 Å². The second-order valence-corrected chi connectivity index (χ2v) is 11.2. The van der Waals surface area contributed by atoms with Crippen molar-refractivity contribution in [3.63, 3.8) is 0 Å². The molecule has 1 aliphatic heterocycles. The Morgan fingerprint density at radius 2 is 1.93 bits per heavy atom. The van der Waals surface area contributed by atoms with E-state index in [1.54, 1.807) is 0 Å². The van der Waals surface area contributed by atoms with E-state index in [0.29, 0.717) is 17.9 Å². The van der Waals surface area contributed by atoms with Crippen molar-refractivity contribution < 1.29 is 4.74 Å². The van der Waals surface area contributed by atoms with Crippen molar-refractivity contribution in [2.75, 3.05) is 20.2 Å². The molecule has 4 saturated carbocycles. The Hall–Kier alpha value is -0.970. The Morgan fingerprint density at radius 1 is 1.18 bits per heavy atom. The van der Waals surface area contributed by atoms with Crippen LogP contribution in [0.25, 0.3) is 0 Å². The molecule has 1 heterocycles. The van der Waals surface area contributed by atoms with Gasteiger partial charge in [0.25, 0.3) is 0 Å². The van der Waals surface area contributed by atoms with E-state index in [4.69, 9.17) is 22.7 Å². The maximum absolute atomic E-state index is 6.41. The summed E-state index contributed by atoms with van der Waals surface area (Å²) in [7, 11) is 1.91. The summed E-state index contributed by atoms with van der Waals surface area (Å²) < 4.78 is 6.08. The molecule has 6 rings (SSSR count). The molecule has 4 bridgehead atoms. The highest BCUT2D eigenvalue weighted by Crippen LogP contribution is 2.72. The van der Waals surface area contributed by atoms with Crippen LogP contribution in [0.5, 0.6) is 0 Å². The summed E-state index contributed by atoms with van der Waals surface area (Å²) in [6.45, 7) is 6.60. The Morgan fingerprint density at radius 3 is 2.61 bits per heavy atom. The molecule has 0 aromatic heterocycles. The van der Waals surface area contributed by atoms with Gasteiger partial charge in [-0.05, 0) is 60.3 Å². The summed E-state index contributed by atoms with van der Waals surface area (Å²) in [5.74, 6) is 1.19. The summed E-state index contributed by atoms with van der Waals surface area (Å²) in [5.41, 5.74) is 8.47. The van der Waals surface area contributed by atoms with Gasteiger partial charge in [-0.25, -0.2) is 0 Å². The van der Waals surface area contributed by atoms with Gasteiger partial charge < -0.3 is 15.4 Å². The molecule has 4 aliphatic carbocycles.